The molecule has 0 bridgehead atoms. The van der Waals surface area contributed by atoms with Crippen LogP contribution in [0, 0.1) is 5.82 Å². The molecule has 1 atom stereocenters. The normalized spacial score (nSPS) is 18.1. The molecule has 0 aromatic heterocycles. The highest BCUT2D eigenvalue weighted by atomic mass is 19.4. The molecule has 1 amide bonds. The van der Waals surface area contributed by atoms with Gasteiger partial charge < -0.3 is 9.84 Å². The van der Waals surface area contributed by atoms with Gasteiger partial charge in [0.15, 0.2) is 0 Å². The van der Waals surface area contributed by atoms with Crippen LogP contribution in [0.25, 0.3) is 0 Å². The van der Waals surface area contributed by atoms with Crippen molar-refractivity contribution in [1.29, 1.82) is 0 Å². The number of nitrogens with zero attached hydrogens (tertiary/aromatic N) is 1. The summed E-state index contributed by atoms with van der Waals surface area (Å²) in [4.78, 5) is 23.3. The lowest BCUT2D eigenvalue weighted by atomic mass is 9.85. The van der Waals surface area contributed by atoms with Crippen molar-refractivity contribution in [3.8, 4) is 0 Å². The standard InChI is InChI=1S/C16H13F4NO4/c1-8-7-10(9-5-3-4-6-11(9)17)12(14(22)25-2)13(16(18,19)20)21(8)15(23)24/h3-7,10H,1-2H3,(H,23,24). The van der Waals surface area contributed by atoms with Crippen molar-refractivity contribution in [3.05, 3.63) is 58.7 Å². The molecular weight excluding hydrogens is 346 g/mol. The number of allylic oxidation sites excluding steroid dienone is 3. The van der Waals surface area contributed by atoms with E-state index in [1.54, 1.807) is 0 Å². The van der Waals surface area contributed by atoms with E-state index in [1.807, 2.05) is 0 Å². The van der Waals surface area contributed by atoms with Crippen LogP contribution in [0.15, 0.2) is 47.3 Å². The molecule has 1 unspecified atom stereocenters. The van der Waals surface area contributed by atoms with Gasteiger partial charge in [0, 0.05) is 11.6 Å². The average molecular weight is 359 g/mol. The second-order valence-corrected chi connectivity index (χ2v) is 5.18. The number of rotatable bonds is 2. The summed E-state index contributed by atoms with van der Waals surface area (Å²) in [5.41, 5.74) is -3.21. The second-order valence-electron chi connectivity index (χ2n) is 5.18. The van der Waals surface area contributed by atoms with Gasteiger partial charge in [-0.25, -0.2) is 18.9 Å². The first-order chi connectivity index (χ1) is 11.6. The smallest absolute Gasteiger partial charge is 0.432 e. The van der Waals surface area contributed by atoms with Crippen molar-refractivity contribution < 1.29 is 37.0 Å². The first-order valence-corrected chi connectivity index (χ1v) is 6.95. The number of halogens is 4. The lowest BCUT2D eigenvalue weighted by Gasteiger charge is -2.33. The fourth-order valence-corrected chi connectivity index (χ4v) is 2.68. The van der Waals surface area contributed by atoms with E-state index in [1.165, 1.54) is 18.2 Å². The Morgan fingerprint density at radius 2 is 1.84 bits per heavy atom. The van der Waals surface area contributed by atoms with Crippen LogP contribution in [0.4, 0.5) is 22.4 Å². The van der Waals surface area contributed by atoms with Gasteiger partial charge in [0.25, 0.3) is 0 Å². The molecule has 0 aliphatic carbocycles. The Labute approximate surface area is 139 Å². The Morgan fingerprint density at radius 3 is 2.32 bits per heavy atom. The highest BCUT2D eigenvalue weighted by molar-refractivity contribution is 5.93. The molecular formula is C16H13F4NO4. The lowest BCUT2D eigenvalue weighted by Crippen LogP contribution is -2.40. The highest BCUT2D eigenvalue weighted by Crippen LogP contribution is 2.44. The predicted octanol–water partition coefficient (Wildman–Crippen LogP) is 3.80. The summed E-state index contributed by atoms with van der Waals surface area (Å²) in [5, 5.41) is 9.15. The number of alkyl halides is 3. The van der Waals surface area contributed by atoms with Crippen LogP contribution in [-0.4, -0.2) is 35.4 Å². The van der Waals surface area contributed by atoms with Crippen LogP contribution < -0.4 is 0 Å². The minimum atomic E-state index is -5.18. The number of carbonyl (C=O) groups excluding carboxylic acids is 1. The third kappa shape index (κ3) is 3.35. The quantitative estimate of drug-likeness (QED) is 0.644. The minimum Gasteiger partial charge on any atom is -0.466 e. The van der Waals surface area contributed by atoms with E-state index in [0.29, 0.717) is 0 Å². The van der Waals surface area contributed by atoms with Gasteiger partial charge in [0.2, 0.25) is 0 Å². The van der Waals surface area contributed by atoms with Gasteiger partial charge in [-0.05, 0) is 18.6 Å². The van der Waals surface area contributed by atoms with Gasteiger partial charge in [-0.1, -0.05) is 24.3 Å². The molecule has 0 spiro atoms. The molecule has 25 heavy (non-hydrogen) atoms. The van der Waals surface area contributed by atoms with Crippen molar-refractivity contribution in [3.63, 3.8) is 0 Å². The van der Waals surface area contributed by atoms with Gasteiger partial charge in [-0.3, -0.25) is 0 Å². The zero-order chi connectivity index (χ0) is 18.9. The Hall–Kier alpha value is -2.84. The number of amides is 1. The van der Waals surface area contributed by atoms with Gasteiger partial charge >= 0.3 is 18.2 Å². The van der Waals surface area contributed by atoms with Crippen LogP contribution >= 0.6 is 0 Å². The average Bonchev–Trinajstić information content (AvgIpc) is 2.52. The summed E-state index contributed by atoms with van der Waals surface area (Å²) in [6.45, 7) is 1.13. The van der Waals surface area contributed by atoms with Crippen LogP contribution in [0.3, 0.4) is 0 Å². The van der Waals surface area contributed by atoms with E-state index in [0.717, 1.165) is 26.2 Å². The SMILES string of the molecule is COC(=O)C1=C(C(F)(F)F)N(C(=O)O)C(C)=CC1c1ccccc1F. The minimum absolute atomic E-state index is 0.0520. The summed E-state index contributed by atoms with van der Waals surface area (Å²) in [6, 6.07) is 4.99. The monoisotopic (exact) mass is 359 g/mol. The molecule has 0 fully saturated rings. The Bertz CT molecular complexity index is 783. The van der Waals surface area contributed by atoms with E-state index in [9.17, 15) is 27.2 Å². The molecule has 1 aliphatic heterocycles. The number of esters is 1. The Kier molecular flexibility index (Phi) is 4.87. The molecule has 1 heterocycles. The number of carboxylic acid groups (broad SMARTS) is 1. The van der Waals surface area contributed by atoms with Gasteiger partial charge in [0.05, 0.1) is 12.7 Å². The summed E-state index contributed by atoms with van der Waals surface area (Å²) in [5.74, 6) is -3.67. The van der Waals surface area contributed by atoms with Gasteiger partial charge in [-0.15, -0.1) is 0 Å². The molecule has 134 valence electrons. The van der Waals surface area contributed by atoms with Crippen LogP contribution in [0.1, 0.15) is 18.4 Å². The van der Waals surface area contributed by atoms with Crippen LogP contribution in [0.5, 0.6) is 0 Å². The topological polar surface area (TPSA) is 66.8 Å². The zero-order valence-electron chi connectivity index (χ0n) is 13.1. The molecule has 5 nitrogen and oxygen atoms in total. The number of hydrogen-bond acceptors (Lipinski definition) is 3. The highest BCUT2D eigenvalue weighted by Gasteiger charge is 2.49. The fourth-order valence-electron chi connectivity index (χ4n) is 2.68. The van der Waals surface area contributed by atoms with Crippen molar-refractivity contribution in [2.45, 2.75) is 19.0 Å². The molecule has 0 radical (unpaired) electrons. The summed E-state index contributed by atoms with van der Waals surface area (Å²) >= 11 is 0. The summed E-state index contributed by atoms with van der Waals surface area (Å²) in [6.07, 6.45) is -6.02. The maximum Gasteiger partial charge on any atom is 0.432 e. The Morgan fingerprint density at radius 1 is 1.24 bits per heavy atom. The third-order valence-electron chi connectivity index (χ3n) is 3.66. The molecule has 9 heteroatoms. The molecule has 1 aromatic carbocycles. The molecule has 0 saturated heterocycles. The Balaban J connectivity index is 2.84. The lowest BCUT2D eigenvalue weighted by molar-refractivity contribution is -0.139. The summed E-state index contributed by atoms with van der Waals surface area (Å²) in [7, 11) is 0.859. The maximum atomic E-state index is 14.1. The zero-order valence-corrected chi connectivity index (χ0v) is 13.1. The molecule has 0 saturated carbocycles. The molecule has 2 rings (SSSR count). The third-order valence-corrected chi connectivity index (χ3v) is 3.66. The second kappa shape index (κ2) is 6.58. The predicted molar refractivity (Wildman–Crippen MR) is 77.9 cm³/mol. The van der Waals surface area contributed by atoms with Crippen molar-refractivity contribution in [1.82, 2.24) is 4.90 Å². The van der Waals surface area contributed by atoms with Crippen molar-refractivity contribution >= 4 is 12.1 Å². The van der Waals surface area contributed by atoms with Crippen molar-refractivity contribution in [2.75, 3.05) is 7.11 Å². The first kappa shape index (κ1) is 18.5. The van der Waals surface area contributed by atoms with Crippen molar-refractivity contribution in [2.24, 2.45) is 0 Å². The number of methoxy groups -OCH3 is 1. The maximum absolute atomic E-state index is 14.1. The molecule has 1 N–H and O–H groups in total. The van der Waals surface area contributed by atoms with E-state index >= 15 is 0 Å². The molecule has 1 aliphatic rings. The molecule has 1 aromatic rings. The van der Waals surface area contributed by atoms with E-state index in [4.69, 9.17) is 5.11 Å². The number of benzene rings is 1. The van der Waals surface area contributed by atoms with E-state index in [-0.39, 0.29) is 16.2 Å². The van der Waals surface area contributed by atoms with Gasteiger partial charge in [0.1, 0.15) is 11.5 Å². The van der Waals surface area contributed by atoms with E-state index < -0.39 is 41.2 Å². The van der Waals surface area contributed by atoms with E-state index in [2.05, 4.69) is 4.74 Å². The number of ether oxygens (including phenoxy) is 1. The van der Waals surface area contributed by atoms with Crippen LogP contribution in [-0.2, 0) is 9.53 Å². The van der Waals surface area contributed by atoms with Gasteiger partial charge in [-0.2, -0.15) is 13.2 Å². The largest absolute Gasteiger partial charge is 0.466 e. The number of carbonyl (C=O) groups is 2. The fraction of sp³-hybridized carbons (Fsp3) is 0.250. The number of hydrogen-bond donors (Lipinski definition) is 1. The first-order valence-electron chi connectivity index (χ1n) is 6.95. The van der Waals surface area contributed by atoms with Crippen LogP contribution in [0.2, 0.25) is 0 Å². The summed E-state index contributed by atoms with van der Waals surface area (Å²) < 4.78 is 59.2.